The van der Waals surface area contributed by atoms with Gasteiger partial charge in [-0.2, -0.15) is 0 Å². The monoisotopic (exact) mass is 293 g/mol. The third kappa shape index (κ3) is 2.95. The zero-order valence-electron chi connectivity index (χ0n) is 12.2. The maximum absolute atomic E-state index is 10.7. The molecule has 0 N–H and O–H groups in total. The first kappa shape index (κ1) is 14.8. The minimum Gasteiger partial charge on any atom is -0.350 e. The lowest BCUT2D eigenvalue weighted by Gasteiger charge is -2.24. The molecule has 1 fully saturated rings. The topological polar surface area (TPSA) is 58.7 Å². The van der Waals surface area contributed by atoms with Gasteiger partial charge in [-0.25, -0.2) is 4.99 Å². The van der Waals surface area contributed by atoms with E-state index < -0.39 is 0 Å². The Morgan fingerprint density at radius 2 is 2.20 bits per heavy atom. The van der Waals surface area contributed by atoms with Gasteiger partial charge in [-0.3, -0.25) is 10.1 Å². The van der Waals surface area contributed by atoms with E-state index >= 15 is 0 Å². The van der Waals surface area contributed by atoms with E-state index in [4.69, 9.17) is 0 Å². The van der Waals surface area contributed by atoms with Gasteiger partial charge in [0.25, 0.3) is 5.69 Å². The SMILES string of the molecule is Cc1cc([N+](=O)[O-])ccc1N=C1SCC(C(C)C)N1C. The highest BCUT2D eigenvalue weighted by Crippen LogP contribution is 2.31. The van der Waals surface area contributed by atoms with Crippen LogP contribution in [0.3, 0.4) is 0 Å². The molecular weight excluding hydrogens is 274 g/mol. The molecule has 0 amide bonds. The molecule has 6 heteroatoms. The third-order valence-corrected chi connectivity index (χ3v) is 4.70. The van der Waals surface area contributed by atoms with Crippen molar-refractivity contribution in [1.29, 1.82) is 0 Å². The zero-order chi connectivity index (χ0) is 14.9. The quantitative estimate of drug-likeness (QED) is 0.631. The predicted molar refractivity (Wildman–Crippen MR) is 83.8 cm³/mol. The van der Waals surface area contributed by atoms with E-state index in [9.17, 15) is 10.1 Å². The normalized spacial score (nSPS) is 20.9. The molecule has 0 saturated carbocycles. The Hall–Kier alpha value is -1.56. The van der Waals surface area contributed by atoms with E-state index in [1.165, 1.54) is 6.07 Å². The lowest BCUT2D eigenvalue weighted by molar-refractivity contribution is -0.384. The van der Waals surface area contributed by atoms with Crippen LogP contribution in [-0.4, -0.2) is 33.8 Å². The molecule has 1 aliphatic rings. The van der Waals surface area contributed by atoms with Crippen LogP contribution in [0.5, 0.6) is 0 Å². The zero-order valence-corrected chi connectivity index (χ0v) is 13.0. The number of benzene rings is 1. The highest BCUT2D eigenvalue weighted by molar-refractivity contribution is 8.14. The van der Waals surface area contributed by atoms with Crippen molar-refractivity contribution in [1.82, 2.24) is 4.90 Å². The third-order valence-electron chi connectivity index (χ3n) is 3.56. The molecule has 0 spiro atoms. The van der Waals surface area contributed by atoms with Crippen molar-refractivity contribution in [2.45, 2.75) is 26.8 Å². The van der Waals surface area contributed by atoms with Crippen molar-refractivity contribution >= 4 is 28.3 Å². The van der Waals surface area contributed by atoms with Gasteiger partial charge in [0, 0.05) is 31.0 Å². The van der Waals surface area contributed by atoms with Crippen molar-refractivity contribution in [2.24, 2.45) is 10.9 Å². The van der Waals surface area contributed by atoms with Crippen molar-refractivity contribution in [3.63, 3.8) is 0 Å². The first-order chi connectivity index (χ1) is 9.40. The molecule has 1 atom stereocenters. The van der Waals surface area contributed by atoms with Crippen LogP contribution in [-0.2, 0) is 0 Å². The number of amidine groups is 1. The first-order valence-corrected chi connectivity index (χ1v) is 7.58. The Bertz CT molecular complexity index is 557. The van der Waals surface area contributed by atoms with Gasteiger partial charge in [-0.05, 0) is 24.5 Å². The fourth-order valence-corrected chi connectivity index (χ4v) is 3.68. The molecule has 1 aliphatic heterocycles. The van der Waals surface area contributed by atoms with E-state index in [1.54, 1.807) is 23.9 Å². The number of non-ortho nitro benzene ring substituents is 1. The minimum atomic E-state index is -0.380. The Morgan fingerprint density at radius 1 is 1.50 bits per heavy atom. The first-order valence-electron chi connectivity index (χ1n) is 6.59. The molecule has 5 nitrogen and oxygen atoms in total. The van der Waals surface area contributed by atoms with E-state index in [2.05, 4.69) is 30.8 Å². The number of hydrogen-bond donors (Lipinski definition) is 0. The highest BCUT2D eigenvalue weighted by Gasteiger charge is 2.29. The molecule has 0 aliphatic carbocycles. The van der Waals surface area contributed by atoms with E-state index in [1.807, 2.05) is 6.92 Å². The Labute approximate surface area is 123 Å². The summed E-state index contributed by atoms with van der Waals surface area (Å²) in [5.74, 6) is 1.62. The maximum atomic E-state index is 10.7. The predicted octanol–water partition coefficient (Wildman–Crippen LogP) is 3.59. The Morgan fingerprint density at radius 3 is 2.70 bits per heavy atom. The van der Waals surface area contributed by atoms with Crippen LogP contribution in [0.4, 0.5) is 11.4 Å². The number of rotatable bonds is 3. The molecule has 0 radical (unpaired) electrons. The highest BCUT2D eigenvalue weighted by atomic mass is 32.2. The molecule has 20 heavy (non-hydrogen) atoms. The van der Waals surface area contributed by atoms with E-state index in [-0.39, 0.29) is 10.6 Å². The Kier molecular flexibility index (Phi) is 4.32. The fraction of sp³-hybridized carbons (Fsp3) is 0.500. The summed E-state index contributed by atoms with van der Waals surface area (Å²) in [6, 6.07) is 5.29. The summed E-state index contributed by atoms with van der Waals surface area (Å²) in [4.78, 5) is 17.2. The molecule has 1 aromatic rings. The maximum Gasteiger partial charge on any atom is 0.269 e. The van der Waals surface area contributed by atoms with Gasteiger partial charge in [-0.15, -0.1) is 0 Å². The molecule has 1 heterocycles. The molecule has 1 saturated heterocycles. The van der Waals surface area contributed by atoms with E-state index in [0.717, 1.165) is 22.2 Å². The number of nitrogens with zero attached hydrogens (tertiary/aromatic N) is 3. The smallest absolute Gasteiger partial charge is 0.269 e. The number of hydrogen-bond acceptors (Lipinski definition) is 4. The van der Waals surface area contributed by atoms with Gasteiger partial charge in [0.05, 0.1) is 10.6 Å². The van der Waals surface area contributed by atoms with Crippen LogP contribution in [0.1, 0.15) is 19.4 Å². The number of aliphatic imine (C=N–C) groups is 1. The number of thioether (sulfide) groups is 1. The average Bonchev–Trinajstić information content (AvgIpc) is 2.73. The molecule has 108 valence electrons. The van der Waals surface area contributed by atoms with Crippen molar-refractivity contribution < 1.29 is 4.92 Å². The number of nitro groups is 1. The number of nitro benzene ring substituents is 1. The lowest BCUT2D eigenvalue weighted by atomic mass is 10.1. The molecule has 0 aromatic heterocycles. The molecule has 1 aromatic carbocycles. The van der Waals surface area contributed by atoms with Crippen LogP contribution in [0.25, 0.3) is 0 Å². The fourth-order valence-electron chi connectivity index (χ4n) is 2.25. The van der Waals surface area contributed by atoms with Gasteiger partial charge in [0.2, 0.25) is 0 Å². The van der Waals surface area contributed by atoms with Crippen LogP contribution in [0.2, 0.25) is 0 Å². The second-order valence-electron chi connectivity index (χ2n) is 5.36. The van der Waals surface area contributed by atoms with Gasteiger partial charge < -0.3 is 4.90 Å². The summed E-state index contributed by atoms with van der Waals surface area (Å²) < 4.78 is 0. The average molecular weight is 293 g/mol. The van der Waals surface area contributed by atoms with Crippen LogP contribution in [0, 0.1) is 23.0 Å². The molecule has 1 unspecified atom stereocenters. The van der Waals surface area contributed by atoms with Crippen LogP contribution >= 0.6 is 11.8 Å². The summed E-state index contributed by atoms with van der Waals surface area (Å²) in [7, 11) is 2.06. The van der Waals surface area contributed by atoms with Crippen molar-refractivity contribution in [3.05, 3.63) is 33.9 Å². The summed E-state index contributed by atoms with van der Waals surface area (Å²) in [5.41, 5.74) is 1.74. The molecule has 0 bridgehead atoms. The Balaban J connectivity index is 2.26. The molecular formula is C14H19N3O2S. The summed E-state index contributed by atoms with van der Waals surface area (Å²) >= 11 is 1.74. The summed E-state index contributed by atoms with van der Waals surface area (Å²) in [5, 5.41) is 11.7. The van der Waals surface area contributed by atoms with Crippen molar-refractivity contribution in [3.8, 4) is 0 Å². The lowest BCUT2D eigenvalue weighted by Crippen LogP contribution is -2.33. The van der Waals surface area contributed by atoms with E-state index in [0.29, 0.717) is 12.0 Å². The van der Waals surface area contributed by atoms with Crippen LogP contribution < -0.4 is 0 Å². The van der Waals surface area contributed by atoms with Crippen molar-refractivity contribution in [2.75, 3.05) is 12.8 Å². The van der Waals surface area contributed by atoms with Gasteiger partial charge in [-0.1, -0.05) is 25.6 Å². The van der Waals surface area contributed by atoms with Crippen LogP contribution in [0.15, 0.2) is 23.2 Å². The number of aryl methyl sites for hydroxylation is 1. The van der Waals surface area contributed by atoms with Gasteiger partial charge in [0.1, 0.15) is 0 Å². The largest absolute Gasteiger partial charge is 0.350 e. The van der Waals surface area contributed by atoms with Gasteiger partial charge in [0.15, 0.2) is 5.17 Å². The summed E-state index contributed by atoms with van der Waals surface area (Å²) in [6.45, 7) is 6.27. The standard InChI is InChI=1S/C14H19N3O2S/c1-9(2)13-8-20-14(16(13)4)15-12-6-5-11(17(18)19)7-10(12)3/h5-7,9,13H,8H2,1-4H3. The second-order valence-corrected chi connectivity index (χ2v) is 6.34. The second kappa shape index (κ2) is 5.83. The molecule has 2 rings (SSSR count). The summed E-state index contributed by atoms with van der Waals surface area (Å²) in [6.07, 6.45) is 0. The minimum absolute atomic E-state index is 0.110. The van der Waals surface area contributed by atoms with Gasteiger partial charge >= 0.3 is 0 Å².